The van der Waals surface area contributed by atoms with E-state index in [0.29, 0.717) is 5.82 Å². The predicted octanol–water partition coefficient (Wildman–Crippen LogP) is 0.658. The Bertz CT molecular complexity index is 642. The molecule has 0 saturated carbocycles. The molecule has 21 heavy (non-hydrogen) atoms. The van der Waals surface area contributed by atoms with Crippen LogP contribution < -0.4 is 5.32 Å². The Labute approximate surface area is 120 Å². The lowest BCUT2D eigenvalue weighted by molar-refractivity contribution is -0.150. The van der Waals surface area contributed by atoms with Gasteiger partial charge in [-0.25, -0.2) is 0 Å². The highest BCUT2D eigenvalue weighted by molar-refractivity contribution is 5.97. The molecule has 7 nitrogen and oxygen atoms in total. The lowest BCUT2D eigenvalue weighted by Crippen LogP contribution is -2.57. The Morgan fingerprint density at radius 1 is 1.29 bits per heavy atom. The molecule has 3 rings (SSSR count). The van der Waals surface area contributed by atoms with Crippen molar-refractivity contribution in [2.24, 2.45) is 0 Å². The molecule has 0 bridgehead atoms. The Morgan fingerprint density at radius 3 is 2.71 bits per heavy atom. The molecule has 1 aliphatic heterocycles. The summed E-state index contributed by atoms with van der Waals surface area (Å²) in [6.07, 6.45) is 1.20. The first kappa shape index (κ1) is 13.3. The quantitative estimate of drug-likeness (QED) is 0.895. The first-order chi connectivity index (χ1) is 10.2. The molecule has 1 N–H and O–H groups in total. The second-order valence-corrected chi connectivity index (χ2v) is 4.86. The maximum absolute atomic E-state index is 12.4. The van der Waals surface area contributed by atoms with Crippen LogP contribution in [0.15, 0.2) is 41.2 Å². The summed E-state index contributed by atoms with van der Waals surface area (Å²) >= 11 is 0. The van der Waals surface area contributed by atoms with Crippen molar-refractivity contribution in [1.82, 2.24) is 20.4 Å². The third-order valence-electron chi connectivity index (χ3n) is 3.41. The molecule has 1 aromatic heterocycles. The minimum atomic E-state index is -0.687. The summed E-state index contributed by atoms with van der Waals surface area (Å²) in [4.78, 5) is 30.1. The van der Waals surface area contributed by atoms with Gasteiger partial charge in [-0.1, -0.05) is 35.5 Å². The third-order valence-corrected chi connectivity index (χ3v) is 3.41. The minimum absolute atomic E-state index is 0.132. The fourth-order valence-corrected chi connectivity index (χ4v) is 2.42. The molecule has 1 fully saturated rings. The number of nitrogens with zero attached hydrogens (tertiary/aromatic N) is 3. The minimum Gasteiger partial charge on any atom is -0.343 e. The largest absolute Gasteiger partial charge is 0.343 e. The van der Waals surface area contributed by atoms with Gasteiger partial charge in [0.2, 0.25) is 18.2 Å². The van der Waals surface area contributed by atoms with Crippen LogP contribution in [-0.4, -0.2) is 32.9 Å². The van der Waals surface area contributed by atoms with Crippen LogP contribution in [0.3, 0.4) is 0 Å². The van der Waals surface area contributed by atoms with Crippen LogP contribution in [0.5, 0.6) is 0 Å². The zero-order chi connectivity index (χ0) is 14.8. The van der Waals surface area contributed by atoms with Crippen LogP contribution in [-0.2, 0) is 16.1 Å². The number of hydrogen-bond donors (Lipinski definition) is 1. The van der Waals surface area contributed by atoms with Crippen LogP contribution in [0.2, 0.25) is 0 Å². The molecule has 0 spiro atoms. The van der Waals surface area contributed by atoms with Gasteiger partial charge in [0.05, 0.1) is 6.54 Å². The van der Waals surface area contributed by atoms with Gasteiger partial charge in [0, 0.05) is 0 Å². The molecule has 1 aliphatic rings. The number of hydrogen-bond acceptors (Lipinski definition) is 5. The normalized spacial score (nSPS) is 22.2. The van der Waals surface area contributed by atoms with Gasteiger partial charge < -0.3 is 14.7 Å². The van der Waals surface area contributed by atoms with Gasteiger partial charge in [-0.3, -0.25) is 9.59 Å². The molecular formula is C14H14N4O3. The maximum atomic E-state index is 12.4. The number of amides is 2. The summed E-state index contributed by atoms with van der Waals surface area (Å²) in [5.74, 6) is -0.0174. The average molecular weight is 286 g/mol. The van der Waals surface area contributed by atoms with Crippen molar-refractivity contribution in [3.63, 3.8) is 0 Å². The molecule has 1 aromatic carbocycles. The Balaban J connectivity index is 1.96. The first-order valence-electron chi connectivity index (χ1n) is 6.58. The number of carbonyl (C=O) groups excluding carboxylic acids is 2. The maximum Gasteiger partial charge on any atom is 0.248 e. The molecule has 0 aliphatic carbocycles. The highest BCUT2D eigenvalue weighted by Crippen LogP contribution is 2.26. The van der Waals surface area contributed by atoms with Gasteiger partial charge in [-0.15, -0.1) is 0 Å². The number of piperazine rings is 1. The van der Waals surface area contributed by atoms with E-state index in [1.165, 1.54) is 11.3 Å². The zero-order valence-corrected chi connectivity index (χ0v) is 11.4. The lowest BCUT2D eigenvalue weighted by atomic mass is 10.00. The smallest absolute Gasteiger partial charge is 0.248 e. The molecule has 2 amide bonds. The summed E-state index contributed by atoms with van der Waals surface area (Å²) in [5.41, 5.74) is 0.749. The topological polar surface area (TPSA) is 88.3 Å². The summed E-state index contributed by atoms with van der Waals surface area (Å²) in [6, 6.07) is 7.90. The average Bonchev–Trinajstić information content (AvgIpc) is 2.98. The van der Waals surface area contributed by atoms with Crippen molar-refractivity contribution in [3.8, 4) is 0 Å². The van der Waals surface area contributed by atoms with Crippen molar-refractivity contribution in [1.29, 1.82) is 0 Å². The Kier molecular flexibility index (Phi) is 3.39. The second-order valence-electron chi connectivity index (χ2n) is 4.86. The molecule has 7 heteroatoms. The standard InChI is InChI=1S/C14H14N4O3/c1-9-14(20)18(7-11-15-8-21-17-11)12(13(19)16-9)10-5-3-2-4-6-10/h2-6,8-9,12H,7H2,1H3,(H,16,19). The zero-order valence-electron chi connectivity index (χ0n) is 11.4. The van der Waals surface area contributed by atoms with Crippen molar-refractivity contribution < 1.29 is 14.1 Å². The van der Waals surface area contributed by atoms with E-state index in [0.717, 1.165) is 5.56 Å². The number of rotatable bonds is 3. The SMILES string of the molecule is CC1NC(=O)C(c2ccccc2)N(Cc2ncon2)C1=O. The predicted molar refractivity (Wildman–Crippen MR) is 71.6 cm³/mol. The molecule has 108 valence electrons. The van der Waals surface area contributed by atoms with Crippen molar-refractivity contribution in [3.05, 3.63) is 48.1 Å². The van der Waals surface area contributed by atoms with Gasteiger partial charge in [0.15, 0.2) is 5.82 Å². The fraction of sp³-hybridized carbons (Fsp3) is 0.286. The lowest BCUT2D eigenvalue weighted by Gasteiger charge is -2.37. The highest BCUT2D eigenvalue weighted by Gasteiger charge is 2.39. The van der Waals surface area contributed by atoms with E-state index in [4.69, 9.17) is 0 Å². The number of aromatic nitrogens is 2. The van der Waals surface area contributed by atoms with E-state index >= 15 is 0 Å². The van der Waals surface area contributed by atoms with Crippen molar-refractivity contribution >= 4 is 11.8 Å². The van der Waals surface area contributed by atoms with E-state index in [2.05, 4.69) is 20.0 Å². The second kappa shape index (κ2) is 5.35. The molecule has 1 saturated heterocycles. The van der Waals surface area contributed by atoms with Crippen LogP contribution >= 0.6 is 0 Å². The third kappa shape index (κ3) is 2.49. The molecule has 2 unspecified atom stereocenters. The van der Waals surface area contributed by atoms with E-state index in [1.807, 2.05) is 30.3 Å². The molecule has 0 radical (unpaired) electrons. The summed E-state index contributed by atoms with van der Waals surface area (Å²) in [6.45, 7) is 1.79. The number of benzene rings is 1. The monoisotopic (exact) mass is 286 g/mol. The fourth-order valence-electron chi connectivity index (χ4n) is 2.42. The van der Waals surface area contributed by atoms with Crippen LogP contribution in [0, 0.1) is 0 Å². The number of carbonyl (C=O) groups is 2. The molecular weight excluding hydrogens is 272 g/mol. The van der Waals surface area contributed by atoms with E-state index in [1.54, 1.807) is 6.92 Å². The van der Waals surface area contributed by atoms with E-state index in [9.17, 15) is 9.59 Å². The Morgan fingerprint density at radius 2 is 2.05 bits per heavy atom. The van der Waals surface area contributed by atoms with Crippen LogP contribution in [0.1, 0.15) is 24.4 Å². The van der Waals surface area contributed by atoms with Crippen molar-refractivity contribution in [2.75, 3.05) is 0 Å². The van der Waals surface area contributed by atoms with Gasteiger partial charge in [0.1, 0.15) is 12.1 Å². The van der Waals surface area contributed by atoms with Crippen LogP contribution in [0.4, 0.5) is 0 Å². The summed E-state index contributed by atoms with van der Waals surface area (Å²) < 4.78 is 4.69. The molecule has 2 aromatic rings. The molecule has 2 atom stereocenters. The van der Waals surface area contributed by atoms with Gasteiger partial charge in [-0.05, 0) is 12.5 Å². The van der Waals surface area contributed by atoms with Gasteiger partial charge in [0.25, 0.3) is 0 Å². The van der Waals surface area contributed by atoms with Gasteiger partial charge in [-0.2, -0.15) is 4.98 Å². The van der Waals surface area contributed by atoms with Crippen LogP contribution in [0.25, 0.3) is 0 Å². The molecule has 2 heterocycles. The first-order valence-corrected chi connectivity index (χ1v) is 6.58. The highest BCUT2D eigenvalue weighted by atomic mass is 16.5. The van der Waals surface area contributed by atoms with E-state index < -0.39 is 12.1 Å². The van der Waals surface area contributed by atoms with E-state index in [-0.39, 0.29) is 18.4 Å². The summed E-state index contributed by atoms with van der Waals surface area (Å²) in [5, 5.41) is 6.40. The number of nitrogens with one attached hydrogen (secondary N) is 1. The Hall–Kier alpha value is -2.70. The van der Waals surface area contributed by atoms with Crippen molar-refractivity contribution in [2.45, 2.75) is 25.6 Å². The summed E-state index contributed by atoms with van der Waals surface area (Å²) in [7, 11) is 0. The van der Waals surface area contributed by atoms with Gasteiger partial charge >= 0.3 is 0 Å².